The van der Waals surface area contributed by atoms with Crippen molar-refractivity contribution in [3.05, 3.63) is 16.7 Å². The molecule has 0 radical (unpaired) electrons. The van der Waals surface area contributed by atoms with E-state index >= 15 is 0 Å². The van der Waals surface area contributed by atoms with Crippen molar-refractivity contribution < 1.29 is 28.7 Å². The van der Waals surface area contributed by atoms with Crippen LogP contribution in [0.4, 0.5) is 5.95 Å². The lowest BCUT2D eigenvalue weighted by molar-refractivity contribution is -0.225. The highest BCUT2D eigenvalue weighted by Crippen LogP contribution is 2.41. The molecule has 1 saturated heterocycles. The van der Waals surface area contributed by atoms with Gasteiger partial charge in [-0.3, -0.25) is 18.9 Å². The monoisotopic (exact) mass is 364 g/mol. The van der Waals surface area contributed by atoms with Gasteiger partial charge in [-0.1, -0.05) is 0 Å². The maximum atomic E-state index is 11.7. The van der Waals surface area contributed by atoms with Gasteiger partial charge in [0.15, 0.2) is 11.2 Å². The highest BCUT2D eigenvalue weighted by Gasteiger charge is 2.39. The first kappa shape index (κ1) is 18.5. The number of rotatable bonds is 4. The number of nitrogens with two attached hydrogens (primary N) is 1. The summed E-state index contributed by atoms with van der Waals surface area (Å²) in [6.45, 7) is -0.524. The predicted molar refractivity (Wildman–Crippen MR) is 78.9 cm³/mol. The number of phosphoric ester groups is 1. The highest BCUT2D eigenvalue weighted by atomic mass is 31.2. The molecule has 0 bridgehead atoms. The third-order valence-corrected chi connectivity index (χ3v) is 3.93. The summed E-state index contributed by atoms with van der Waals surface area (Å²) in [5, 5.41) is 9.26. The molecular weight excluding hydrogens is 347 g/mol. The third-order valence-electron chi connectivity index (χ3n) is 3.39. The molecule has 3 rings (SSSR count). The topological polar surface area (TPSA) is 225 Å². The summed E-state index contributed by atoms with van der Waals surface area (Å²) >= 11 is 0. The van der Waals surface area contributed by atoms with Crippen LogP contribution in [0, 0.1) is 0 Å². The Hall–Kier alpha value is -1.86. The van der Waals surface area contributed by atoms with Crippen LogP contribution in [0.5, 0.6) is 0 Å². The standard InChI is InChI=1S/C10H14N5O7P.H3N/c11-10-13-8-7(9(17)14-10)12-3-15(8)6-1-4(5(2-16)21-6)22-23(18,19)20;/h3-6,16H,1-2H2,(H2,18,19,20)(H3,11,13,14,17);1H3/t4-,5+,6+;/m0./s1. The minimum atomic E-state index is -4.99. The van der Waals surface area contributed by atoms with Crippen LogP contribution < -0.4 is 22.3 Å². The summed E-state index contributed by atoms with van der Waals surface area (Å²) < 4.78 is 22.2. The molecule has 0 saturated carbocycles. The Kier molecular flexibility index (Phi) is 5.05. The zero-order valence-electron chi connectivity index (χ0n) is 12.5. The highest BCUT2D eigenvalue weighted by molar-refractivity contribution is 7.44. The van der Waals surface area contributed by atoms with Gasteiger partial charge >= 0.3 is 0 Å². The zero-order valence-corrected chi connectivity index (χ0v) is 13.4. The first-order valence-electron chi connectivity index (χ1n) is 6.49. The summed E-state index contributed by atoms with van der Waals surface area (Å²) in [5.41, 5.74) is 5.13. The summed E-state index contributed by atoms with van der Waals surface area (Å²) in [7, 11) is -4.99. The Morgan fingerprint density at radius 2 is 2.33 bits per heavy atom. The molecule has 2 aromatic rings. The van der Waals surface area contributed by atoms with Gasteiger partial charge in [0.2, 0.25) is 5.95 Å². The third kappa shape index (κ3) is 3.47. The van der Waals surface area contributed by atoms with E-state index in [4.69, 9.17) is 15.4 Å². The normalized spacial score (nSPS) is 26.2. The van der Waals surface area contributed by atoms with E-state index in [2.05, 4.69) is 19.5 Å². The fourth-order valence-corrected chi connectivity index (χ4v) is 3.04. The van der Waals surface area contributed by atoms with Gasteiger partial charge in [0.25, 0.3) is 13.4 Å². The lowest BCUT2D eigenvalue weighted by atomic mass is 10.2. The molecule has 0 amide bonds. The summed E-state index contributed by atoms with van der Waals surface area (Å²) in [6.07, 6.45) is -1.61. The van der Waals surface area contributed by atoms with E-state index in [1.54, 1.807) is 0 Å². The van der Waals surface area contributed by atoms with E-state index in [9.17, 15) is 19.4 Å². The number of nitrogens with zero attached hydrogens (tertiary/aromatic N) is 3. The average molecular weight is 364 g/mol. The van der Waals surface area contributed by atoms with Crippen LogP contribution in [0.25, 0.3) is 11.2 Å². The van der Waals surface area contributed by atoms with E-state index < -0.39 is 38.4 Å². The van der Waals surface area contributed by atoms with E-state index in [0.717, 1.165) is 0 Å². The van der Waals surface area contributed by atoms with Crippen molar-refractivity contribution in [3.8, 4) is 0 Å². The van der Waals surface area contributed by atoms with Crippen LogP contribution in [0.3, 0.4) is 0 Å². The lowest BCUT2D eigenvalue weighted by Crippen LogP contribution is -2.28. The number of quaternary nitrogens is 1. The number of aliphatic hydroxyl groups excluding tert-OH is 1. The van der Waals surface area contributed by atoms with Crippen LogP contribution in [-0.4, -0.2) is 48.3 Å². The average Bonchev–Trinajstić information content (AvgIpc) is 3.00. The van der Waals surface area contributed by atoms with Crippen LogP contribution >= 0.6 is 7.82 Å². The molecule has 3 heterocycles. The van der Waals surface area contributed by atoms with Gasteiger partial charge in [0.05, 0.1) is 19.0 Å². The molecule has 24 heavy (non-hydrogen) atoms. The molecule has 134 valence electrons. The van der Waals surface area contributed by atoms with Gasteiger partial charge in [0, 0.05) is 6.42 Å². The number of fused-ring (bicyclic) bond motifs is 1. The minimum absolute atomic E-state index is 0. The number of ether oxygens (including phenoxy) is 1. The molecule has 13 nitrogen and oxygen atoms in total. The molecule has 14 heteroatoms. The van der Waals surface area contributed by atoms with Gasteiger partial charge in [-0.2, -0.15) is 4.98 Å². The first-order chi connectivity index (χ1) is 10.8. The minimum Gasteiger partial charge on any atom is -0.756 e. The van der Waals surface area contributed by atoms with Crippen LogP contribution in [0.15, 0.2) is 11.1 Å². The number of H-pyrrole nitrogens is 1. The summed E-state index contributed by atoms with van der Waals surface area (Å²) in [4.78, 5) is 41.6. The molecule has 1 aliphatic heterocycles. The van der Waals surface area contributed by atoms with Gasteiger partial charge in [-0.15, -0.1) is 0 Å². The number of anilines is 1. The van der Waals surface area contributed by atoms with Crippen LogP contribution in [0.2, 0.25) is 0 Å². The lowest BCUT2D eigenvalue weighted by Gasteiger charge is -2.22. The number of imidazole rings is 1. The smallest absolute Gasteiger partial charge is 0.280 e. The van der Waals surface area contributed by atoms with Crippen molar-refractivity contribution in [2.75, 3.05) is 12.3 Å². The van der Waals surface area contributed by atoms with Crippen molar-refractivity contribution in [2.24, 2.45) is 0 Å². The Morgan fingerprint density at radius 3 is 2.96 bits per heavy atom. The fourth-order valence-electron chi connectivity index (χ4n) is 2.47. The predicted octanol–water partition coefficient (Wildman–Crippen LogP) is -1.80. The van der Waals surface area contributed by atoms with Gasteiger partial charge in [-0.05, 0) is 0 Å². The van der Waals surface area contributed by atoms with Crippen LogP contribution in [0.1, 0.15) is 12.6 Å². The van der Waals surface area contributed by atoms with Crippen molar-refractivity contribution in [3.63, 3.8) is 0 Å². The number of phosphoric acid groups is 1. The number of aromatic amines is 1. The molecule has 2 aromatic heterocycles. The molecule has 0 spiro atoms. The van der Waals surface area contributed by atoms with Crippen molar-refractivity contribution in [1.82, 2.24) is 25.7 Å². The molecule has 0 aliphatic carbocycles. The first-order valence-corrected chi connectivity index (χ1v) is 7.99. The number of aromatic nitrogens is 4. The maximum Gasteiger partial charge on any atom is 0.280 e. The second kappa shape index (κ2) is 6.57. The molecule has 9 N–H and O–H groups in total. The number of aliphatic hydroxyl groups is 1. The second-order valence-corrected chi connectivity index (χ2v) is 6.08. The fraction of sp³-hybridized carbons (Fsp3) is 0.500. The largest absolute Gasteiger partial charge is 0.756 e. The molecule has 1 aliphatic rings. The molecule has 4 atom stereocenters. The Balaban J connectivity index is 0.00000208. The van der Waals surface area contributed by atoms with E-state index in [1.807, 2.05) is 0 Å². The second-order valence-electron chi connectivity index (χ2n) is 4.94. The van der Waals surface area contributed by atoms with Crippen LogP contribution in [-0.2, 0) is 13.8 Å². The van der Waals surface area contributed by atoms with Gasteiger partial charge in [0.1, 0.15) is 12.3 Å². The molecule has 1 fully saturated rings. The summed E-state index contributed by atoms with van der Waals surface area (Å²) in [5.74, 6) is -0.117. The number of hydrogen-bond donors (Lipinski definition) is 5. The number of nitrogens with one attached hydrogen (secondary N) is 1. The molecule has 1 unspecified atom stereocenters. The Labute approximate surface area is 134 Å². The Bertz CT molecular complexity index is 831. The Morgan fingerprint density at radius 1 is 1.62 bits per heavy atom. The zero-order chi connectivity index (χ0) is 16.8. The maximum absolute atomic E-state index is 11.7. The van der Waals surface area contributed by atoms with Gasteiger partial charge in [-0.25, -0.2) is 4.98 Å². The van der Waals surface area contributed by atoms with Crippen molar-refractivity contribution in [1.29, 1.82) is 0 Å². The molecular formula is C10H17N6O7P. The quantitative estimate of drug-likeness (QED) is 0.382. The SMILES string of the molecule is Nc1nc2c(ncn2[C@H]2C[C@H](OP(=O)([O-])O)[C@@H](CO)O2)c(=O)[nH]1.[NH4+]. The van der Waals surface area contributed by atoms with E-state index in [-0.39, 0.29) is 29.7 Å². The summed E-state index contributed by atoms with van der Waals surface area (Å²) in [6, 6.07) is 0. The number of hydrogen-bond acceptors (Lipinski definition) is 9. The van der Waals surface area contributed by atoms with Gasteiger partial charge < -0.3 is 36.0 Å². The van der Waals surface area contributed by atoms with Crippen molar-refractivity contribution >= 4 is 24.9 Å². The van der Waals surface area contributed by atoms with Crippen molar-refractivity contribution in [2.45, 2.75) is 24.9 Å². The van der Waals surface area contributed by atoms with E-state index in [0.29, 0.717) is 0 Å². The van der Waals surface area contributed by atoms with E-state index in [1.165, 1.54) is 10.9 Å². The number of nitrogen functional groups attached to an aromatic ring is 1. The molecule has 0 aromatic carbocycles.